The highest BCUT2D eigenvalue weighted by molar-refractivity contribution is 6.35. The Kier molecular flexibility index (Phi) is 4.25. The summed E-state index contributed by atoms with van der Waals surface area (Å²) in [6.07, 6.45) is 1.84. The molecule has 4 nitrogen and oxygen atoms in total. The van der Waals surface area contributed by atoms with Crippen LogP contribution in [-0.4, -0.2) is 23.0 Å². The van der Waals surface area contributed by atoms with Gasteiger partial charge in [-0.1, -0.05) is 29.3 Å². The first-order valence-corrected chi connectivity index (χ1v) is 7.07. The van der Waals surface area contributed by atoms with Crippen LogP contribution in [0.1, 0.15) is 25.3 Å². The average Bonchev–Trinajstić information content (AvgIpc) is 3.16. The minimum Gasteiger partial charge on any atom is -0.480 e. The van der Waals surface area contributed by atoms with Crippen molar-refractivity contribution in [1.29, 1.82) is 0 Å². The van der Waals surface area contributed by atoms with E-state index in [9.17, 15) is 14.7 Å². The van der Waals surface area contributed by atoms with E-state index >= 15 is 0 Å². The molecule has 1 aromatic carbocycles. The van der Waals surface area contributed by atoms with Gasteiger partial charge in [0.25, 0.3) is 0 Å². The van der Waals surface area contributed by atoms with E-state index in [1.165, 1.54) is 6.92 Å². The highest BCUT2D eigenvalue weighted by Gasteiger charge is 2.43. The topological polar surface area (TPSA) is 66.4 Å². The van der Waals surface area contributed by atoms with Gasteiger partial charge < -0.3 is 10.4 Å². The van der Waals surface area contributed by atoms with E-state index in [2.05, 4.69) is 5.32 Å². The molecule has 0 aromatic heterocycles. The zero-order valence-electron chi connectivity index (χ0n) is 11.0. The van der Waals surface area contributed by atoms with Gasteiger partial charge in [0.05, 0.1) is 0 Å². The summed E-state index contributed by atoms with van der Waals surface area (Å²) in [4.78, 5) is 23.7. The van der Waals surface area contributed by atoms with Crippen molar-refractivity contribution in [1.82, 2.24) is 5.32 Å². The Labute approximate surface area is 127 Å². The van der Waals surface area contributed by atoms with Gasteiger partial charge >= 0.3 is 5.97 Å². The van der Waals surface area contributed by atoms with E-state index in [1.54, 1.807) is 18.2 Å². The second-order valence-corrected chi connectivity index (χ2v) is 6.14. The fraction of sp³-hybridized carbons (Fsp3) is 0.429. The quantitative estimate of drug-likeness (QED) is 0.821. The summed E-state index contributed by atoms with van der Waals surface area (Å²) in [6, 6.07) is 4.93. The largest absolute Gasteiger partial charge is 0.480 e. The highest BCUT2D eigenvalue weighted by Crippen LogP contribution is 2.31. The first-order valence-electron chi connectivity index (χ1n) is 6.31. The van der Waals surface area contributed by atoms with Crippen LogP contribution in [0.25, 0.3) is 0 Å². The number of aliphatic carboxylic acids is 1. The summed E-state index contributed by atoms with van der Waals surface area (Å²) in [5.41, 5.74) is -0.952. The van der Waals surface area contributed by atoms with Crippen LogP contribution in [0.5, 0.6) is 0 Å². The Bertz CT molecular complexity index is 557. The Morgan fingerprint density at radius 2 is 2.05 bits per heavy atom. The zero-order valence-corrected chi connectivity index (χ0v) is 12.5. The van der Waals surface area contributed by atoms with Gasteiger partial charge in [-0.25, -0.2) is 0 Å². The van der Waals surface area contributed by atoms with Gasteiger partial charge in [0.2, 0.25) is 5.91 Å². The summed E-state index contributed by atoms with van der Waals surface area (Å²) in [5, 5.41) is 13.0. The van der Waals surface area contributed by atoms with Crippen LogP contribution in [0.3, 0.4) is 0 Å². The molecule has 6 heteroatoms. The Morgan fingerprint density at radius 3 is 2.55 bits per heavy atom. The molecule has 0 saturated heterocycles. The number of hydrogen-bond acceptors (Lipinski definition) is 2. The third kappa shape index (κ3) is 3.25. The molecule has 0 heterocycles. The van der Waals surface area contributed by atoms with E-state index in [1.807, 2.05) is 0 Å². The second kappa shape index (κ2) is 5.62. The maximum Gasteiger partial charge on any atom is 0.319 e. The smallest absolute Gasteiger partial charge is 0.319 e. The van der Waals surface area contributed by atoms with Crippen LogP contribution in [0.4, 0.5) is 0 Å². The van der Waals surface area contributed by atoms with Gasteiger partial charge in [-0.3, -0.25) is 9.59 Å². The normalized spacial score (nSPS) is 17.4. The maximum atomic E-state index is 12.2. The SMILES string of the molecule is CC(Cc1ccc(Cl)cc1Cl)(C(=O)O)C(=O)NC1CC1. The second-order valence-electron chi connectivity index (χ2n) is 5.30. The van der Waals surface area contributed by atoms with Crippen molar-refractivity contribution >= 4 is 35.1 Å². The van der Waals surface area contributed by atoms with Crippen LogP contribution in [0.15, 0.2) is 18.2 Å². The molecule has 0 radical (unpaired) electrons. The molecule has 20 heavy (non-hydrogen) atoms. The van der Waals surface area contributed by atoms with Crippen molar-refractivity contribution in [3.63, 3.8) is 0 Å². The van der Waals surface area contributed by atoms with Crippen LogP contribution < -0.4 is 5.32 Å². The summed E-state index contributed by atoms with van der Waals surface area (Å²) in [7, 11) is 0. The Balaban J connectivity index is 2.23. The average molecular weight is 316 g/mol. The monoisotopic (exact) mass is 315 g/mol. The fourth-order valence-corrected chi connectivity index (χ4v) is 2.35. The molecule has 2 N–H and O–H groups in total. The number of rotatable bonds is 5. The summed E-state index contributed by atoms with van der Waals surface area (Å²) in [5.74, 6) is -1.64. The van der Waals surface area contributed by atoms with Crippen LogP contribution in [0, 0.1) is 5.41 Å². The van der Waals surface area contributed by atoms with Gasteiger partial charge in [-0.2, -0.15) is 0 Å². The third-order valence-electron chi connectivity index (χ3n) is 3.44. The Hall–Kier alpha value is -1.26. The molecule has 1 amide bonds. The molecule has 2 rings (SSSR count). The molecule has 1 aromatic rings. The van der Waals surface area contributed by atoms with E-state index in [-0.39, 0.29) is 12.5 Å². The molecule has 0 spiro atoms. The molecule has 1 fully saturated rings. The first kappa shape index (κ1) is 15.1. The van der Waals surface area contributed by atoms with E-state index < -0.39 is 17.3 Å². The van der Waals surface area contributed by atoms with Crippen LogP contribution >= 0.6 is 23.2 Å². The van der Waals surface area contributed by atoms with Gasteiger partial charge in [0.1, 0.15) is 5.41 Å². The number of benzene rings is 1. The molecule has 1 saturated carbocycles. The third-order valence-corrected chi connectivity index (χ3v) is 4.03. The molecule has 0 aliphatic heterocycles. The summed E-state index contributed by atoms with van der Waals surface area (Å²) in [6.45, 7) is 1.41. The van der Waals surface area contributed by atoms with Crippen molar-refractivity contribution in [2.75, 3.05) is 0 Å². The minimum absolute atomic E-state index is 0.0247. The summed E-state index contributed by atoms with van der Waals surface area (Å²) < 4.78 is 0. The summed E-state index contributed by atoms with van der Waals surface area (Å²) >= 11 is 11.9. The Morgan fingerprint density at radius 1 is 1.40 bits per heavy atom. The van der Waals surface area contributed by atoms with Gasteiger partial charge in [0, 0.05) is 16.1 Å². The molecular formula is C14H15Cl2NO3. The van der Waals surface area contributed by atoms with E-state index in [0.717, 1.165) is 12.8 Å². The van der Waals surface area contributed by atoms with E-state index in [4.69, 9.17) is 23.2 Å². The lowest BCUT2D eigenvalue weighted by Gasteiger charge is -2.24. The zero-order chi connectivity index (χ0) is 14.9. The van der Waals surface area contributed by atoms with Gasteiger partial charge in [-0.05, 0) is 43.9 Å². The predicted molar refractivity (Wildman–Crippen MR) is 77.1 cm³/mol. The molecule has 108 valence electrons. The van der Waals surface area contributed by atoms with Gasteiger partial charge in [0.15, 0.2) is 0 Å². The molecular weight excluding hydrogens is 301 g/mol. The van der Waals surface area contributed by atoms with E-state index in [0.29, 0.717) is 15.6 Å². The number of carboxylic acids is 1. The number of carbonyl (C=O) groups is 2. The number of hydrogen-bond donors (Lipinski definition) is 2. The number of halogens is 2. The van der Waals surface area contributed by atoms with Crippen molar-refractivity contribution in [2.45, 2.75) is 32.2 Å². The molecule has 0 bridgehead atoms. The van der Waals surface area contributed by atoms with Crippen LogP contribution in [-0.2, 0) is 16.0 Å². The number of carboxylic acid groups (broad SMARTS) is 1. The fourth-order valence-electron chi connectivity index (χ4n) is 1.87. The lowest BCUT2D eigenvalue weighted by atomic mass is 9.82. The maximum absolute atomic E-state index is 12.2. The van der Waals surface area contributed by atoms with Crippen molar-refractivity contribution in [3.05, 3.63) is 33.8 Å². The van der Waals surface area contributed by atoms with Crippen molar-refractivity contribution < 1.29 is 14.7 Å². The van der Waals surface area contributed by atoms with Crippen LogP contribution in [0.2, 0.25) is 10.0 Å². The number of nitrogens with one attached hydrogen (secondary N) is 1. The number of carbonyl (C=O) groups excluding carboxylic acids is 1. The lowest BCUT2D eigenvalue weighted by Crippen LogP contribution is -2.46. The lowest BCUT2D eigenvalue weighted by molar-refractivity contribution is -0.154. The minimum atomic E-state index is -1.54. The first-order chi connectivity index (χ1) is 9.33. The number of amides is 1. The highest BCUT2D eigenvalue weighted by atomic mass is 35.5. The molecule has 1 unspecified atom stereocenters. The molecule has 1 aliphatic rings. The van der Waals surface area contributed by atoms with Crippen molar-refractivity contribution in [2.24, 2.45) is 5.41 Å². The predicted octanol–water partition coefficient (Wildman–Crippen LogP) is 2.91. The van der Waals surface area contributed by atoms with Gasteiger partial charge in [-0.15, -0.1) is 0 Å². The molecule has 1 aliphatic carbocycles. The van der Waals surface area contributed by atoms with Crippen molar-refractivity contribution in [3.8, 4) is 0 Å². The standard InChI is InChI=1S/C14H15Cl2NO3/c1-14(13(19)20,12(18)17-10-4-5-10)7-8-2-3-9(15)6-11(8)16/h2-3,6,10H,4-5,7H2,1H3,(H,17,18)(H,19,20). The molecule has 1 atom stereocenters.